The zero-order valence-electron chi connectivity index (χ0n) is 19.6. The number of para-hydroxylation sites is 2. The summed E-state index contributed by atoms with van der Waals surface area (Å²) in [5, 5.41) is 10.4. The molecule has 0 aliphatic heterocycles. The molecule has 0 aliphatic carbocycles. The predicted octanol–water partition coefficient (Wildman–Crippen LogP) is 2.74. The van der Waals surface area contributed by atoms with Crippen LogP contribution < -0.4 is 26.8 Å². The first kappa shape index (κ1) is 23.9. The lowest BCUT2D eigenvalue weighted by atomic mass is 10.1. The van der Waals surface area contributed by atoms with Crippen LogP contribution in [0.3, 0.4) is 0 Å². The van der Waals surface area contributed by atoms with Crippen molar-refractivity contribution >= 4 is 35.3 Å². The Hall–Kier alpha value is -5.26. The van der Waals surface area contributed by atoms with Gasteiger partial charge in [-0.3, -0.25) is 14.5 Å². The molecule has 0 saturated carbocycles. The summed E-state index contributed by atoms with van der Waals surface area (Å²) in [5.74, 6) is 0.574. The Morgan fingerprint density at radius 2 is 1.94 bits per heavy atom. The van der Waals surface area contributed by atoms with E-state index in [2.05, 4.69) is 35.7 Å². The number of hydrogen-bond acceptors (Lipinski definition) is 10. The fraction of sp³-hybridized carbons (Fsp3) is 0.0833. The molecule has 2 aromatic heterocycles. The minimum Gasteiger partial charge on any atom is -0.494 e. The van der Waals surface area contributed by atoms with Crippen LogP contribution >= 0.6 is 0 Å². The Kier molecular flexibility index (Phi) is 7.15. The van der Waals surface area contributed by atoms with Crippen LogP contribution in [0, 0.1) is 0 Å². The van der Waals surface area contributed by atoms with Crippen molar-refractivity contribution in [1.82, 2.24) is 24.7 Å². The number of nitrogens with zero attached hydrogens (tertiary/aromatic N) is 6. The summed E-state index contributed by atoms with van der Waals surface area (Å²) in [6.45, 7) is 0. The highest BCUT2D eigenvalue weighted by molar-refractivity contribution is 5.98. The summed E-state index contributed by atoms with van der Waals surface area (Å²) < 4.78 is 7.22. The second kappa shape index (κ2) is 10.8. The largest absolute Gasteiger partial charge is 0.494 e. The van der Waals surface area contributed by atoms with E-state index in [9.17, 15) is 4.79 Å². The number of ether oxygens (including phenoxy) is 1. The molecule has 182 valence electrons. The number of aliphatic imine (C=N–C) groups is 1. The molecule has 0 bridgehead atoms. The van der Waals surface area contributed by atoms with E-state index < -0.39 is 5.91 Å². The molecule has 4 aromatic rings. The maximum Gasteiger partial charge on any atom is 0.254 e. The summed E-state index contributed by atoms with van der Waals surface area (Å²) >= 11 is 0. The van der Waals surface area contributed by atoms with Crippen LogP contribution in [-0.4, -0.2) is 44.0 Å². The van der Waals surface area contributed by atoms with Gasteiger partial charge in [0, 0.05) is 19.4 Å². The summed E-state index contributed by atoms with van der Waals surface area (Å²) in [7, 11) is 3.30. The van der Waals surface area contributed by atoms with Crippen molar-refractivity contribution in [2.45, 2.75) is 0 Å². The minimum absolute atomic E-state index is 0.0835. The maximum absolute atomic E-state index is 12.1. The standard InChI is InChI=1S/C24H24N10O2/c1-34-14-29-22(33-34)17-9-6-10-19(20(17)36-2)31-23-18(21(26)35)13-28-24(32-23)30-16(11-25)12-27-15-7-4-3-5-8-15/h3-14H,25H2,1-2H3,(H2,26,35)(H2,28,30,31,32). The number of nitrogens with one attached hydrogen (secondary N) is 2. The number of amides is 1. The van der Waals surface area contributed by atoms with Crippen LogP contribution in [0.25, 0.3) is 11.4 Å². The number of rotatable bonds is 9. The first-order valence-electron chi connectivity index (χ1n) is 10.7. The third kappa shape index (κ3) is 5.44. The van der Waals surface area contributed by atoms with E-state index in [1.165, 1.54) is 19.5 Å². The second-order valence-corrected chi connectivity index (χ2v) is 7.41. The minimum atomic E-state index is -0.703. The number of nitrogens with two attached hydrogens (primary N) is 2. The molecule has 4 rings (SSSR count). The lowest BCUT2D eigenvalue weighted by molar-refractivity contribution is 0.100. The molecule has 1 amide bonds. The average Bonchev–Trinajstić information content (AvgIpc) is 3.33. The molecule has 2 aromatic carbocycles. The van der Waals surface area contributed by atoms with Crippen molar-refractivity contribution in [3.63, 3.8) is 0 Å². The van der Waals surface area contributed by atoms with Gasteiger partial charge < -0.3 is 26.8 Å². The van der Waals surface area contributed by atoms with Crippen LogP contribution in [0.15, 0.2) is 77.9 Å². The molecule has 36 heavy (non-hydrogen) atoms. The number of carbonyl (C=O) groups excluding carboxylic acids is 1. The molecule has 0 aliphatic rings. The van der Waals surface area contributed by atoms with E-state index in [4.69, 9.17) is 16.2 Å². The number of carbonyl (C=O) groups is 1. The molecule has 6 N–H and O–H groups in total. The van der Waals surface area contributed by atoms with Crippen molar-refractivity contribution in [3.05, 3.63) is 78.5 Å². The molecule has 0 radical (unpaired) electrons. The zero-order valence-corrected chi connectivity index (χ0v) is 19.6. The Balaban J connectivity index is 1.65. The van der Waals surface area contributed by atoms with Gasteiger partial charge >= 0.3 is 0 Å². The number of anilines is 3. The lowest BCUT2D eigenvalue weighted by Gasteiger charge is -2.15. The number of hydrogen-bond donors (Lipinski definition) is 4. The van der Waals surface area contributed by atoms with Gasteiger partial charge in [-0.05, 0) is 24.3 Å². The highest BCUT2D eigenvalue weighted by Crippen LogP contribution is 2.36. The maximum atomic E-state index is 12.1. The van der Waals surface area contributed by atoms with Crippen LogP contribution in [0.5, 0.6) is 5.75 Å². The van der Waals surface area contributed by atoms with Gasteiger partial charge in [-0.15, -0.1) is 0 Å². The van der Waals surface area contributed by atoms with Gasteiger partial charge in [-0.25, -0.2) is 9.97 Å². The smallest absolute Gasteiger partial charge is 0.254 e. The first-order chi connectivity index (χ1) is 17.5. The van der Waals surface area contributed by atoms with Gasteiger partial charge in [0.25, 0.3) is 5.91 Å². The Morgan fingerprint density at radius 3 is 2.61 bits per heavy atom. The third-order valence-electron chi connectivity index (χ3n) is 4.91. The zero-order chi connectivity index (χ0) is 25.5. The predicted molar refractivity (Wildman–Crippen MR) is 137 cm³/mol. The molecule has 0 saturated heterocycles. The SMILES string of the molecule is COc1c(Nc2nc(NC(C=Nc3ccccc3)=CN)ncc2C(N)=O)cccc1-c1ncn(C)n1. The van der Waals surface area contributed by atoms with E-state index >= 15 is 0 Å². The molecule has 12 nitrogen and oxygen atoms in total. The summed E-state index contributed by atoms with van der Waals surface area (Å²) in [6, 6.07) is 14.8. The van der Waals surface area contributed by atoms with Crippen LogP contribution in [0.4, 0.5) is 23.1 Å². The van der Waals surface area contributed by atoms with Gasteiger partial charge in [-0.2, -0.15) is 10.1 Å². The van der Waals surface area contributed by atoms with Crippen molar-refractivity contribution in [2.24, 2.45) is 23.5 Å². The Morgan fingerprint density at radius 1 is 1.14 bits per heavy atom. The monoisotopic (exact) mass is 484 g/mol. The molecule has 0 unspecified atom stereocenters. The summed E-state index contributed by atoms with van der Waals surface area (Å²) in [5.41, 5.74) is 13.8. The van der Waals surface area contributed by atoms with E-state index in [1.807, 2.05) is 36.4 Å². The van der Waals surface area contributed by atoms with Gasteiger partial charge in [-0.1, -0.05) is 24.3 Å². The van der Waals surface area contributed by atoms with Crippen LogP contribution in [0.1, 0.15) is 10.4 Å². The average molecular weight is 485 g/mol. The Labute approximate surface area is 206 Å². The fourth-order valence-electron chi connectivity index (χ4n) is 3.24. The highest BCUT2D eigenvalue weighted by Gasteiger charge is 2.18. The molecule has 2 heterocycles. The van der Waals surface area contributed by atoms with Crippen LogP contribution in [-0.2, 0) is 7.05 Å². The second-order valence-electron chi connectivity index (χ2n) is 7.41. The van der Waals surface area contributed by atoms with Crippen molar-refractivity contribution in [1.29, 1.82) is 0 Å². The molecule has 0 spiro atoms. The number of primary amides is 1. The van der Waals surface area contributed by atoms with Gasteiger partial charge in [0.15, 0.2) is 11.6 Å². The number of methoxy groups -OCH3 is 1. The summed E-state index contributed by atoms with van der Waals surface area (Å²) in [6.07, 6.45) is 5.78. The topological polar surface area (TPSA) is 171 Å². The van der Waals surface area contributed by atoms with Gasteiger partial charge in [0.2, 0.25) is 5.95 Å². The van der Waals surface area contributed by atoms with Crippen molar-refractivity contribution in [3.8, 4) is 17.1 Å². The third-order valence-corrected chi connectivity index (χ3v) is 4.91. The molecular formula is C24H24N10O2. The van der Waals surface area contributed by atoms with Gasteiger partial charge in [0.1, 0.15) is 17.7 Å². The van der Waals surface area contributed by atoms with Crippen LogP contribution in [0.2, 0.25) is 0 Å². The number of aromatic nitrogens is 5. The first-order valence-corrected chi connectivity index (χ1v) is 10.7. The molecular weight excluding hydrogens is 460 g/mol. The fourth-order valence-corrected chi connectivity index (χ4v) is 3.24. The highest BCUT2D eigenvalue weighted by atomic mass is 16.5. The number of allylic oxidation sites excluding steroid dienone is 1. The van der Waals surface area contributed by atoms with E-state index in [1.54, 1.807) is 36.4 Å². The Bertz CT molecular complexity index is 1430. The summed E-state index contributed by atoms with van der Waals surface area (Å²) in [4.78, 5) is 29.3. The van der Waals surface area contributed by atoms with E-state index in [-0.39, 0.29) is 17.3 Å². The van der Waals surface area contributed by atoms with E-state index in [0.29, 0.717) is 28.5 Å². The molecule has 0 fully saturated rings. The molecule has 12 heteroatoms. The van der Waals surface area contributed by atoms with Crippen molar-refractivity contribution < 1.29 is 9.53 Å². The number of aryl methyl sites for hydroxylation is 1. The lowest BCUT2D eigenvalue weighted by Crippen LogP contribution is -2.16. The van der Waals surface area contributed by atoms with Gasteiger partial charge in [0.05, 0.1) is 36.0 Å². The number of benzene rings is 2. The molecule has 0 atom stereocenters. The van der Waals surface area contributed by atoms with E-state index in [0.717, 1.165) is 5.69 Å². The normalized spacial score (nSPS) is 11.4. The van der Waals surface area contributed by atoms with Crippen molar-refractivity contribution in [2.75, 3.05) is 17.7 Å². The quantitative estimate of drug-likeness (QED) is 0.261.